The van der Waals surface area contributed by atoms with E-state index in [0.717, 1.165) is 18.4 Å². The van der Waals surface area contributed by atoms with Gasteiger partial charge in [-0.2, -0.15) is 0 Å². The molecule has 6 heteroatoms. The molecular weight excluding hydrogens is 344 g/mol. The van der Waals surface area contributed by atoms with E-state index < -0.39 is 18.2 Å². The number of hydrogen-bond donors (Lipinski definition) is 2. The summed E-state index contributed by atoms with van der Waals surface area (Å²) in [5.41, 5.74) is 0.889. The van der Waals surface area contributed by atoms with Crippen LogP contribution in [0.1, 0.15) is 46.1 Å². The van der Waals surface area contributed by atoms with Crippen LogP contribution >= 0.6 is 0 Å². The average Bonchev–Trinajstić information content (AvgIpc) is 3.13. The molecule has 2 N–H and O–H groups in total. The highest BCUT2D eigenvalue weighted by atomic mass is 16.5. The Labute approximate surface area is 161 Å². The third-order valence-electron chi connectivity index (χ3n) is 5.08. The molecule has 1 aliphatic rings. The Kier molecular flexibility index (Phi) is 7.66. The summed E-state index contributed by atoms with van der Waals surface area (Å²) in [6.45, 7) is 8.45. The van der Waals surface area contributed by atoms with Gasteiger partial charge < -0.3 is 20.1 Å². The molecule has 3 atom stereocenters. The van der Waals surface area contributed by atoms with Crippen molar-refractivity contribution in [1.29, 1.82) is 0 Å². The maximum atomic E-state index is 13.1. The lowest BCUT2D eigenvalue weighted by molar-refractivity contribution is -0.138. The fourth-order valence-electron chi connectivity index (χ4n) is 3.45. The summed E-state index contributed by atoms with van der Waals surface area (Å²) in [5, 5.41) is 13.2. The Hall–Kier alpha value is -2.08. The molecule has 0 saturated carbocycles. The molecule has 0 aliphatic carbocycles. The summed E-state index contributed by atoms with van der Waals surface area (Å²) in [4.78, 5) is 27.0. The van der Waals surface area contributed by atoms with Crippen molar-refractivity contribution in [3.05, 3.63) is 35.9 Å². The topological polar surface area (TPSA) is 78.9 Å². The standard InChI is InChI=1S/C21H32N2O4/c1-14(2)18(22-21(26)27-13-16-9-6-5-7-10-16)20(25)23-12-8-11-17(23)19(24)15(3)4/h5-7,9-10,14-15,17-19,24H,8,11-13H2,1-4H3,(H,22,26)/t17?,18-,19+/m0/s1. The van der Waals surface area contributed by atoms with E-state index in [1.165, 1.54) is 0 Å². The van der Waals surface area contributed by atoms with E-state index in [4.69, 9.17) is 4.74 Å². The van der Waals surface area contributed by atoms with Crippen molar-refractivity contribution in [2.24, 2.45) is 11.8 Å². The van der Waals surface area contributed by atoms with Crippen LogP contribution in [0.2, 0.25) is 0 Å². The van der Waals surface area contributed by atoms with Crippen molar-refractivity contribution in [3.63, 3.8) is 0 Å². The summed E-state index contributed by atoms with van der Waals surface area (Å²) in [5.74, 6) is -0.159. The molecule has 1 aromatic carbocycles. The van der Waals surface area contributed by atoms with Crippen molar-refractivity contribution >= 4 is 12.0 Å². The number of benzene rings is 1. The molecule has 0 spiro atoms. The second kappa shape index (κ2) is 9.74. The van der Waals surface area contributed by atoms with Gasteiger partial charge in [0, 0.05) is 6.54 Å². The molecule has 2 rings (SSSR count). The van der Waals surface area contributed by atoms with E-state index in [1.54, 1.807) is 4.90 Å². The van der Waals surface area contributed by atoms with Crippen LogP contribution in [-0.2, 0) is 16.1 Å². The van der Waals surface area contributed by atoms with Gasteiger partial charge in [0.05, 0.1) is 12.1 Å². The molecule has 1 fully saturated rings. The maximum absolute atomic E-state index is 13.1. The van der Waals surface area contributed by atoms with Crippen LogP contribution in [0, 0.1) is 11.8 Å². The van der Waals surface area contributed by atoms with Gasteiger partial charge >= 0.3 is 6.09 Å². The quantitative estimate of drug-likeness (QED) is 0.767. The van der Waals surface area contributed by atoms with E-state index in [0.29, 0.717) is 6.54 Å². The number of alkyl carbamates (subject to hydrolysis) is 1. The molecule has 0 radical (unpaired) electrons. The highest BCUT2D eigenvalue weighted by Crippen LogP contribution is 2.25. The molecule has 27 heavy (non-hydrogen) atoms. The lowest BCUT2D eigenvalue weighted by Crippen LogP contribution is -2.55. The molecule has 1 unspecified atom stereocenters. The number of rotatable bonds is 7. The normalized spacial score (nSPS) is 19.2. The van der Waals surface area contributed by atoms with Gasteiger partial charge in [0.25, 0.3) is 0 Å². The van der Waals surface area contributed by atoms with Crippen LogP contribution in [0.5, 0.6) is 0 Å². The fourth-order valence-corrected chi connectivity index (χ4v) is 3.45. The summed E-state index contributed by atoms with van der Waals surface area (Å²) >= 11 is 0. The second-order valence-electron chi connectivity index (χ2n) is 7.90. The summed E-state index contributed by atoms with van der Waals surface area (Å²) in [6, 6.07) is 8.54. The zero-order chi connectivity index (χ0) is 20.0. The SMILES string of the molecule is CC(C)[C@@H](O)C1CCCN1C(=O)[C@@H](NC(=O)OCc1ccccc1)C(C)C. The van der Waals surface area contributed by atoms with Crippen molar-refractivity contribution in [1.82, 2.24) is 10.2 Å². The number of hydrogen-bond acceptors (Lipinski definition) is 4. The van der Waals surface area contributed by atoms with E-state index in [2.05, 4.69) is 5.32 Å². The van der Waals surface area contributed by atoms with E-state index in [1.807, 2.05) is 58.0 Å². The van der Waals surface area contributed by atoms with Gasteiger partial charge in [0.1, 0.15) is 12.6 Å². The first-order valence-corrected chi connectivity index (χ1v) is 9.77. The molecule has 1 aromatic rings. The Balaban J connectivity index is 1.98. The van der Waals surface area contributed by atoms with Gasteiger partial charge in [-0.1, -0.05) is 58.0 Å². The first-order chi connectivity index (χ1) is 12.8. The lowest BCUT2D eigenvalue weighted by Gasteiger charge is -2.34. The first-order valence-electron chi connectivity index (χ1n) is 9.77. The molecule has 6 nitrogen and oxygen atoms in total. The van der Waals surface area contributed by atoms with Crippen LogP contribution < -0.4 is 5.32 Å². The molecule has 1 heterocycles. The lowest BCUT2D eigenvalue weighted by atomic mass is 9.96. The van der Waals surface area contributed by atoms with Crippen LogP contribution in [-0.4, -0.2) is 46.7 Å². The molecule has 1 aliphatic heterocycles. The molecule has 150 valence electrons. The molecule has 0 bridgehead atoms. The zero-order valence-corrected chi connectivity index (χ0v) is 16.7. The van der Waals surface area contributed by atoms with Gasteiger partial charge in [-0.05, 0) is 30.2 Å². The predicted molar refractivity (Wildman–Crippen MR) is 104 cm³/mol. The summed E-state index contributed by atoms with van der Waals surface area (Å²) in [6.07, 6.45) is 0.484. The Morgan fingerprint density at radius 2 is 1.85 bits per heavy atom. The number of carbonyl (C=O) groups is 2. The molecular formula is C21H32N2O4. The molecule has 1 saturated heterocycles. The van der Waals surface area contributed by atoms with Gasteiger partial charge in [-0.25, -0.2) is 4.79 Å². The number of ether oxygens (including phenoxy) is 1. The minimum Gasteiger partial charge on any atom is -0.445 e. The van der Waals surface area contributed by atoms with Gasteiger partial charge in [0.15, 0.2) is 0 Å². The first kappa shape index (κ1) is 21.2. The number of aliphatic hydroxyl groups is 1. The van der Waals surface area contributed by atoms with Crippen LogP contribution in [0.25, 0.3) is 0 Å². The van der Waals surface area contributed by atoms with Gasteiger partial charge in [-0.3, -0.25) is 4.79 Å². The van der Waals surface area contributed by atoms with E-state index in [-0.39, 0.29) is 30.4 Å². The van der Waals surface area contributed by atoms with Crippen LogP contribution in [0.3, 0.4) is 0 Å². The number of nitrogens with zero attached hydrogens (tertiary/aromatic N) is 1. The third kappa shape index (κ3) is 5.70. The van der Waals surface area contributed by atoms with Crippen LogP contribution in [0.15, 0.2) is 30.3 Å². The van der Waals surface area contributed by atoms with E-state index >= 15 is 0 Å². The molecule has 2 amide bonds. The number of nitrogens with one attached hydrogen (secondary N) is 1. The Morgan fingerprint density at radius 3 is 2.44 bits per heavy atom. The minimum atomic E-state index is -0.673. The van der Waals surface area contributed by atoms with Crippen molar-refractivity contribution in [3.8, 4) is 0 Å². The number of amides is 2. The predicted octanol–water partition coefficient (Wildman–Crippen LogP) is 2.95. The monoisotopic (exact) mass is 376 g/mol. The van der Waals surface area contributed by atoms with Gasteiger partial charge in [-0.15, -0.1) is 0 Å². The summed E-state index contributed by atoms with van der Waals surface area (Å²) in [7, 11) is 0. The Morgan fingerprint density at radius 1 is 1.19 bits per heavy atom. The van der Waals surface area contributed by atoms with Gasteiger partial charge in [0.2, 0.25) is 5.91 Å². The number of carbonyl (C=O) groups excluding carboxylic acids is 2. The smallest absolute Gasteiger partial charge is 0.408 e. The number of likely N-dealkylation sites (tertiary alicyclic amines) is 1. The number of aliphatic hydroxyl groups excluding tert-OH is 1. The molecule has 0 aromatic heterocycles. The maximum Gasteiger partial charge on any atom is 0.408 e. The average molecular weight is 376 g/mol. The van der Waals surface area contributed by atoms with Crippen molar-refractivity contribution in [2.75, 3.05) is 6.54 Å². The second-order valence-corrected chi connectivity index (χ2v) is 7.90. The van der Waals surface area contributed by atoms with Crippen molar-refractivity contribution < 1.29 is 19.4 Å². The highest BCUT2D eigenvalue weighted by Gasteiger charge is 2.39. The van der Waals surface area contributed by atoms with E-state index in [9.17, 15) is 14.7 Å². The van der Waals surface area contributed by atoms with Crippen LogP contribution in [0.4, 0.5) is 4.79 Å². The van der Waals surface area contributed by atoms with Crippen molar-refractivity contribution in [2.45, 2.75) is 65.3 Å². The largest absolute Gasteiger partial charge is 0.445 e. The third-order valence-corrected chi connectivity index (χ3v) is 5.08. The zero-order valence-electron chi connectivity index (χ0n) is 16.7. The minimum absolute atomic E-state index is 0.0738. The fraction of sp³-hybridized carbons (Fsp3) is 0.619. The Bertz CT molecular complexity index is 618. The highest BCUT2D eigenvalue weighted by molar-refractivity contribution is 5.86. The summed E-state index contributed by atoms with van der Waals surface area (Å²) < 4.78 is 5.26.